The Morgan fingerprint density at radius 1 is 1.00 bits per heavy atom. The first kappa shape index (κ1) is 16.7. The number of likely N-dealkylation sites (tertiary alicyclic amines) is 1. The SMILES string of the molecule is CCC(CO)N1CCN(CC(=O)N2CCCCCC2)CC1. The molecule has 21 heavy (non-hydrogen) atoms. The van der Waals surface area contributed by atoms with E-state index < -0.39 is 0 Å². The van der Waals surface area contributed by atoms with Crippen LogP contribution in [0, 0.1) is 0 Å². The minimum absolute atomic E-state index is 0.239. The van der Waals surface area contributed by atoms with Gasteiger partial charge in [-0.3, -0.25) is 14.6 Å². The van der Waals surface area contributed by atoms with Crippen LogP contribution in [0.5, 0.6) is 0 Å². The molecule has 0 saturated carbocycles. The van der Waals surface area contributed by atoms with Gasteiger partial charge in [-0.1, -0.05) is 19.8 Å². The van der Waals surface area contributed by atoms with Crippen LogP contribution in [0.1, 0.15) is 39.0 Å². The van der Waals surface area contributed by atoms with Gasteiger partial charge in [0, 0.05) is 45.3 Å². The highest BCUT2D eigenvalue weighted by molar-refractivity contribution is 5.78. The number of hydrogen-bond donors (Lipinski definition) is 1. The first-order valence-corrected chi connectivity index (χ1v) is 8.59. The molecule has 5 heteroatoms. The minimum atomic E-state index is 0.239. The van der Waals surface area contributed by atoms with Crippen LogP contribution in [0.4, 0.5) is 0 Å². The Balaban J connectivity index is 1.73. The lowest BCUT2D eigenvalue weighted by atomic mass is 10.1. The van der Waals surface area contributed by atoms with Crippen LogP contribution < -0.4 is 0 Å². The summed E-state index contributed by atoms with van der Waals surface area (Å²) in [5, 5.41) is 9.37. The summed E-state index contributed by atoms with van der Waals surface area (Å²) in [6, 6.07) is 0.286. The molecular formula is C16H31N3O2. The number of nitrogens with zero attached hydrogens (tertiary/aromatic N) is 3. The molecule has 2 aliphatic heterocycles. The Bertz CT molecular complexity index is 305. The summed E-state index contributed by atoms with van der Waals surface area (Å²) in [6.45, 7) is 8.64. The highest BCUT2D eigenvalue weighted by Gasteiger charge is 2.25. The molecular weight excluding hydrogens is 266 g/mol. The molecule has 1 unspecified atom stereocenters. The van der Waals surface area contributed by atoms with Gasteiger partial charge >= 0.3 is 0 Å². The fraction of sp³-hybridized carbons (Fsp3) is 0.938. The van der Waals surface area contributed by atoms with Crippen LogP contribution in [0.25, 0.3) is 0 Å². The van der Waals surface area contributed by atoms with Gasteiger partial charge in [-0.2, -0.15) is 0 Å². The Kier molecular flexibility index (Phi) is 6.93. The second-order valence-corrected chi connectivity index (χ2v) is 6.35. The van der Waals surface area contributed by atoms with Crippen LogP contribution in [-0.2, 0) is 4.79 Å². The highest BCUT2D eigenvalue weighted by atomic mass is 16.3. The highest BCUT2D eigenvalue weighted by Crippen LogP contribution is 2.12. The maximum Gasteiger partial charge on any atom is 0.236 e. The molecule has 0 aromatic rings. The van der Waals surface area contributed by atoms with E-state index in [9.17, 15) is 9.90 Å². The van der Waals surface area contributed by atoms with Gasteiger partial charge in [0.15, 0.2) is 0 Å². The van der Waals surface area contributed by atoms with Gasteiger partial charge in [0.25, 0.3) is 0 Å². The van der Waals surface area contributed by atoms with Gasteiger partial charge in [0.05, 0.1) is 13.2 Å². The molecule has 0 spiro atoms. The van der Waals surface area contributed by atoms with E-state index in [1.807, 2.05) is 0 Å². The number of amides is 1. The normalized spacial score (nSPS) is 23.8. The number of piperazine rings is 1. The van der Waals surface area contributed by atoms with E-state index in [1.54, 1.807) is 0 Å². The summed E-state index contributed by atoms with van der Waals surface area (Å²) in [6.07, 6.45) is 5.84. The Morgan fingerprint density at radius 3 is 2.14 bits per heavy atom. The molecule has 2 saturated heterocycles. The van der Waals surface area contributed by atoms with Crippen molar-refractivity contribution in [3.63, 3.8) is 0 Å². The van der Waals surface area contributed by atoms with Crippen molar-refractivity contribution < 1.29 is 9.90 Å². The third-order valence-corrected chi connectivity index (χ3v) is 4.92. The molecule has 122 valence electrons. The summed E-state index contributed by atoms with van der Waals surface area (Å²) in [5.74, 6) is 0.305. The summed E-state index contributed by atoms with van der Waals surface area (Å²) in [7, 11) is 0. The first-order valence-electron chi connectivity index (χ1n) is 8.59. The van der Waals surface area contributed by atoms with Crippen molar-refractivity contribution in [3.05, 3.63) is 0 Å². The zero-order valence-electron chi connectivity index (χ0n) is 13.5. The lowest BCUT2D eigenvalue weighted by Crippen LogP contribution is -2.53. The molecule has 0 radical (unpaired) electrons. The van der Waals surface area contributed by atoms with Crippen molar-refractivity contribution in [2.24, 2.45) is 0 Å². The third kappa shape index (κ3) is 4.94. The number of aliphatic hydroxyl groups is 1. The average molecular weight is 297 g/mol. The maximum atomic E-state index is 12.4. The van der Waals surface area contributed by atoms with Gasteiger partial charge in [-0.05, 0) is 19.3 Å². The van der Waals surface area contributed by atoms with Crippen molar-refractivity contribution in [3.8, 4) is 0 Å². The molecule has 0 bridgehead atoms. The van der Waals surface area contributed by atoms with Crippen molar-refractivity contribution in [2.75, 3.05) is 52.4 Å². The number of carbonyl (C=O) groups excluding carboxylic acids is 1. The molecule has 1 atom stereocenters. The molecule has 0 aliphatic carbocycles. The molecule has 1 N–H and O–H groups in total. The zero-order chi connectivity index (χ0) is 15.1. The van der Waals surface area contributed by atoms with E-state index in [2.05, 4.69) is 21.6 Å². The second kappa shape index (κ2) is 8.71. The van der Waals surface area contributed by atoms with Crippen LogP contribution in [0.3, 0.4) is 0 Å². The van der Waals surface area contributed by atoms with Crippen molar-refractivity contribution in [2.45, 2.75) is 45.1 Å². The van der Waals surface area contributed by atoms with Crippen molar-refractivity contribution in [1.29, 1.82) is 0 Å². The van der Waals surface area contributed by atoms with Gasteiger partial charge < -0.3 is 10.0 Å². The molecule has 1 amide bonds. The summed E-state index contributed by atoms with van der Waals surface area (Å²) < 4.78 is 0. The third-order valence-electron chi connectivity index (χ3n) is 4.92. The molecule has 0 aromatic heterocycles. The number of hydrogen-bond acceptors (Lipinski definition) is 4. The molecule has 2 aliphatic rings. The van der Waals surface area contributed by atoms with Gasteiger partial charge in [-0.15, -0.1) is 0 Å². The van der Waals surface area contributed by atoms with E-state index in [1.165, 1.54) is 12.8 Å². The lowest BCUT2D eigenvalue weighted by molar-refractivity contribution is -0.132. The van der Waals surface area contributed by atoms with Gasteiger partial charge in [0.1, 0.15) is 0 Å². The van der Waals surface area contributed by atoms with Crippen LogP contribution in [0.15, 0.2) is 0 Å². The topological polar surface area (TPSA) is 47.0 Å². The standard InChI is InChI=1S/C16H31N3O2/c1-2-15(14-20)18-11-9-17(10-12-18)13-16(21)19-7-5-3-4-6-8-19/h15,20H,2-14H2,1H3. The maximum absolute atomic E-state index is 12.4. The largest absolute Gasteiger partial charge is 0.395 e. The lowest BCUT2D eigenvalue weighted by Gasteiger charge is -2.38. The van der Waals surface area contributed by atoms with E-state index >= 15 is 0 Å². The average Bonchev–Trinajstić information content (AvgIpc) is 2.79. The second-order valence-electron chi connectivity index (χ2n) is 6.35. The van der Waals surface area contributed by atoms with Crippen LogP contribution in [-0.4, -0.2) is 84.2 Å². The Hall–Kier alpha value is -0.650. The number of carbonyl (C=O) groups is 1. The van der Waals surface area contributed by atoms with E-state index in [0.717, 1.165) is 58.5 Å². The smallest absolute Gasteiger partial charge is 0.236 e. The molecule has 0 aromatic carbocycles. The molecule has 2 heterocycles. The summed E-state index contributed by atoms with van der Waals surface area (Å²) >= 11 is 0. The Morgan fingerprint density at radius 2 is 1.62 bits per heavy atom. The van der Waals surface area contributed by atoms with Crippen LogP contribution in [0.2, 0.25) is 0 Å². The van der Waals surface area contributed by atoms with Gasteiger partial charge in [0.2, 0.25) is 5.91 Å². The first-order chi connectivity index (χ1) is 10.2. The summed E-state index contributed by atoms with van der Waals surface area (Å²) in [4.78, 5) is 19.1. The number of rotatable bonds is 5. The number of aliphatic hydroxyl groups excluding tert-OH is 1. The van der Waals surface area contributed by atoms with Crippen molar-refractivity contribution in [1.82, 2.24) is 14.7 Å². The quantitative estimate of drug-likeness (QED) is 0.814. The fourth-order valence-corrected chi connectivity index (χ4v) is 3.40. The predicted octanol–water partition coefficient (Wildman–Crippen LogP) is 0.778. The summed E-state index contributed by atoms with van der Waals surface area (Å²) in [5.41, 5.74) is 0. The van der Waals surface area contributed by atoms with Crippen molar-refractivity contribution >= 4 is 5.91 Å². The van der Waals surface area contributed by atoms with E-state index in [-0.39, 0.29) is 12.6 Å². The van der Waals surface area contributed by atoms with E-state index in [0.29, 0.717) is 12.5 Å². The molecule has 2 fully saturated rings. The zero-order valence-corrected chi connectivity index (χ0v) is 13.5. The predicted molar refractivity (Wildman–Crippen MR) is 84.2 cm³/mol. The minimum Gasteiger partial charge on any atom is -0.395 e. The fourth-order valence-electron chi connectivity index (χ4n) is 3.40. The Labute approximate surface area is 128 Å². The molecule has 5 nitrogen and oxygen atoms in total. The van der Waals surface area contributed by atoms with Crippen LogP contribution >= 0.6 is 0 Å². The monoisotopic (exact) mass is 297 g/mol. The van der Waals surface area contributed by atoms with E-state index in [4.69, 9.17) is 0 Å². The van der Waals surface area contributed by atoms with Gasteiger partial charge in [-0.25, -0.2) is 0 Å². The molecule has 2 rings (SSSR count).